The van der Waals surface area contributed by atoms with Crippen molar-refractivity contribution in [2.75, 3.05) is 11.9 Å². The first-order valence-corrected chi connectivity index (χ1v) is 10.9. The van der Waals surface area contributed by atoms with E-state index < -0.39 is 0 Å². The third-order valence-corrected chi connectivity index (χ3v) is 5.67. The molecule has 0 atom stereocenters. The van der Waals surface area contributed by atoms with Gasteiger partial charge in [-0.1, -0.05) is 50.8 Å². The third kappa shape index (κ3) is 6.16. The standard InChI is InChI=1S/C26H31FN6/c1-17(25(29)30)21-15-18(7-4-12-22(21)28)23-13-14-24(33-32-23)31-16-26(2,3)19-8-5-10-20(27)11-6-9-19/h4-5,7-9,11,13-15H,1,6,10,12,16,28H2,2-3H3,(H3,29,30)(H,31,33)/b8-5-,19-9-,20-11+. The van der Waals surface area contributed by atoms with Gasteiger partial charge in [-0.15, -0.1) is 10.2 Å². The molecule has 33 heavy (non-hydrogen) atoms. The molecular weight excluding hydrogens is 415 g/mol. The zero-order chi connectivity index (χ0) is 24.0. The average molecular weight is 447 g/mol. The van der Waals surface area contributed by atoms with Crippen LogP contribution in [-0.2, 0) is 0 Å². The molecule has 0 aliphatic heterocycles. The zero-order valence-corrected chi connectivity index (χ0v) is 19.2. The fraction of sp³-hybridized carbons (Fsp3) is 0.269. The summed E-state index contributed by atoms with van der Waals surface area (Å²) in [5, 5.41) is 19.7. The minimum atomic E-state index is -0.171. The molecule has 0 aromatic carbocycles. The molecule has 1 aromatic rings. The van der Waals surface area contributed by atoms with E-state index in [4.69, 9.17) is 16.9 Å². The summed E-state index contributed by atoms with van der Waals surface area (Å²) in [6.45, 7) is 8.80. The molecule has 6 N–H and O–H groups in total. The van der Waals surface area contributed by atoms with Crippen molar-refractivity contribution < 1.29 is 4.39 Å². The number of amidine groups is 1. The van der Waals surface area contributed by atoms with Crippen molar-refractivity contribution in [1.29, 1.82) is 5.41 Å². The fourth-order valence-corrected chi connectivity index (χ4v) is 3.56. The molecule has 1 heterocycles. The van der Waals surface area contributed by atoms with Crippen molar-refractivity contribution >= 4 is 17.2 Å². The number of allylic oxidation sites excluding steroid dienone is 9. The first-order chi connectivity index (χ1) is 15.7. The molecule has 0 unspecified atom stereocenters. The summed E-state index contributed by atoms with van der Waals surface area (Å²) in [6.07, 6.45) is 14.7. The summed E-state index contributed by atoms with van der Waals surface area (Å²) < 4.78 is 13.4. The van der Waals surface area contributed by atoms with E-state index >= 15 is 0 Å². The molecule has 0 amide bonds. The maximum atomic E-state index is 13.4. The minimum Gasteiger partial charge on any atom is -0.401 e. The lowest BCUT2D eigenvalue weighted by Crippen LogP contribution is -2.25. The molecule has 0 bridgehead atoms. The Kier molecular flexibility index (Phi) is 7.43. The summed E-state index contributed by atoms with van der Waals surface area (Å²) in [5.74, 6) is 0.450. The highest BCUT2D eigenvalue weighted by Gasteiger charge is 2.22. The summed E-state index contributed by atoms with van der Waals surface area (Å²) in [6, 6.07) is 3.77. The molecule has 0 saturated carbocycles. The van der Waals surface area contributed by atoms with Crippen LogP contribution in [0.4, 0.5) is 10.2 Å². The van der Waals surface area contributed by atoms with Crippen LogP contribution in [0, 0.1) is 10.8 Å². The lowest BCUT2D eigenvalue weighted by molar-refractivity contribution is 0.484. The monoisotopic (exact) mass is 446 g/mol. The first-order valence-electron chi connectivity index (χ1n) is 10.9. The highest BCUT2D eigenvalue weighted by molar-refractivity contribution is 6.00. The number of nitrogens with two attached hydrogens (primary N) is 2. The van der Waals surface area contributed by atoms with Crippen LogP contribution < -0.4 is 16.8 Å². The lowest BCUT2D eigenvalue weighted by atomic mass is 9.82. The summed E-state index contributed by atoms with van der Waals surface area (Å²) in [7, 11) is 0. The van der Waals surface area contributed by atoms with E-state index in [1.165, 1.54) is 0 Å². The summed E-state index contributed by atoms with van der Waals surface area (Å²) in [4.78, 5) is 0. The van der Waals surface area contributed by atoms with Crippen molar-refractivity contribution in [3.05, 3.63) is 95.2 Å². The van der Waals surface area contributed by atoms with Gasteiger partial charge >= 0.3 is 0 Å². The molecule has 6 nitrogen and oxygen atoms in total. The molecule has 2 aliphatic carbocycles. The quantitative estimate of drug-likeness (QED) is 0.344. The average Bonchev–Trinajstić information content (AvgIpc) is 2.96. The fourth-order valence-electron chi connectivity index (χ4n) is 3.56. The van der Waals surface area contributed by atoms with Gasteiger partial charge in [-0.25, -0.2) is 4.39 Å². The molecule has 0 saturated heterocycles. The van der Waals surface area contributed by atoms with E-state index in [9.17, 15) is 4.39 Å². The molecule has 0 spiro atoms. The Bertz CT molecular complexity index is 1110. The van der Waals surface area contributed by atoms with Gasteiger partial charge in [0.15, 0.2) is 0 Å². The van der Waals surface area contributed by atoms with Crippen LogP contribution in [0.25, 0.3) is 5.57 Å². The van der Waals surface area contributed by atoms with Gasteiger partial charge in [0.25, 0.3) is 0 Å². The van der Waals surface area contributed by atoms with Crippen LogP contribution >= 0.6 is 0 Å². The van der Waals surface area contributed by atoms with Crippen molar-refractivity contribution in [2.45, 2.75) is 33.1 Å². The molecule has 7 heteroatoms. The molecular formula is C26H31FN6. The second-order valence-electron chi connectivity index (χ2n) is 8.73. The van der Waals surface area contributed by atoms with Gasteiger partial charge in [0.05, 0.1) is 5.69 Å². The van der Waals surface area contributed by atoms with Crippen LogP contribution in [-0.4, -0.2) is 22.6 Å². The number of halogens is 1. The van der Waals surface area contributed by atoms with Gasteiger partial charge in [0, 0.05) is 47.2 Å². The summed E-state index contributed by atoms with van der Waals surface area (Å²) >= 11 is 0. The Labute approximate surface area is 194 Å². The molecule has 0 radical (unpaired) electrons. The van der Waals surface area contributed by atoms with E-state index in [2.05, 4.69) is 42.0 Å². The van der Waals surface area contributed by atoms with E-state index in [0.717, 1.165) is 11.1 Å². The Morgan fingerprint density at radius 3 is 2.64 bits per heavy atom. The molecule has 172 valence electrons. The molecule has 1 aromatic heterocycles. The lowest BCUT2D eigenvalue weighted by Gasteiger charge is -2.27. The Hall–Kier alpha value is -3.74. The molecule has 3 rings (SSSR count). The largest absolute Gasteiger partial charge is 0.401 e. The Balaban J connectivity index is 1.73. The predicted octanol–water partition coefficient (Wildman–Crippen LogP) is 5.09. The maximum absolute atomic E-state index is 13.4. The van der Waals surface area contributed by atoms with Crippen LogP contribution in [0.5, 0.6) is 0 Å². The second-order valence-corrected chi connectivity index (χ2v) is 8.73. The topological polar surface area (TPSA) is 114 Å². The summed E-state index contributed by atoms with van der Waals surface area (Å²) in [5.41, 5.74) is 15.9. The smallest absolute Gasteiger partial charge is 0.148 e. The van der Waals surface area contributed by atoms with E-state index in [-0.39, 0.29) is 17.1 Å². The van der Waals surface area contributed by atoms with Crippen LogP contribution in [0.15, 0.2) is 89.5 Å². The number of hydrogen-bond acceptors (Lipinski definition) is 5. The van der Waals surface area contributed by atoms with Gasteiger partial charge in [-0.05, 0) is 36.3 Å². The van der Waals surface area contributed by atoms with Gasteiger partial charge in [-0.2, -0.15) is 0 Å². The van der Waals surface area contributed by atoms with Crippen molar-refractivity contribution in [3.63, 3.8) is 0 Å². The predicted molar refractivity (Wildman–Crippen MR) is 134 cm³/mol. The van der Waals surface area contributed by atoms with Crippen molar-refractivity contribution in [1.82, 2.24) is 10.2 Å². The number of hydrogen-bond donors (Lipinski definition) is 4. The van der Waals surface area contributed by atoms with Crippen LogP contribution in [0.1, 0.15) is 38.8 Å². The highest BCUT2D eigenvalue weighted by atomic mass is 19.1. The molecule has 2 aliphatic rings. The first kappa shape index (κ1) is 23.9. The number of rotatable bonds is 7. The number of nitrogens with zero attached hydrogens (tertiary/aromatic N) is 2. The van der Waals surface area contributed by atoms with Crippen LogP contribution in [0.3, 0.4) is 0 Å². The van der Waals surface area contributed by atoms with E-state index in [1.54, 1.807) is 6.08 Å². The SMILES string of the molecule is C=C(C(=N)N)C1=C(N)CC=CC(c2ccc(NCC(C)(C)C3=C\C/C=C(/F)C/C=C\3)nn2)=C1. The third-order valence-electron chi connectivity index (χ3n) is 5.67. The van der Waals surface area contributed by atoms with Gasteiger partial charge < -0.3 is 16.8 Å². The zero-order valence-electron chi connectivity index (χ0n) is 19.2. The Morgan fingerprint density at radius 2 is 1.94 bits per heavy atom. The number of anilines is 1. The second kappa shape index (κ2) is 10.3. The van der Waals surface area contributed by atoms with Crippen LogP contribution in [0.2, 0.25) is 0 Å². The highest BCUT2D eigenvalue weighted by Crippen LogP contribution is 2.30. The normalized spacial score (nSPS) is 20.9. The maximum Gasteiger partial charge on any atom is 0.148 e. The Morgan fingerprint density at radius 1 is 1.18 bits per heavy atom. The van der Waals surface area contributed by atoms with E-state index in [1.807, 2.05) is 42.5 Å². The molecule has 0 fully saturated rings. The van der Waals surface area contributed by atoms with Gasteiger partial charge in [0.1, 0.15) is 17.5 Å². The van der Waals surface area contributed by atoms with Gasteiger partial charge in [-0.3, -0.25) is 5.41 Å². The number of nitrogens with one attached hydrogen (secondary N) is 2. The van der Waals surface area contributed by atoms with Crippen molar-refractivity contribution in [3.8, 4) is 0 Å². The number of aromatic nitrogens is 2. The van der Waals surface area contributed by atoms with Gasteiger partial charge in [0.2, 0.25) is 0 Å². The minimum absolute atomic E-state index is 0.0950. The van der Waals surface area contributed by atoms with E-state index in [0.29, 0.717) is 54.2 Å². The van der Waals surface area contributed by atoms with Crippen molar-refractivity contribution in [2.24, 2.45) is 16.9 Å².